The Morgan fingerprint density at radius 1 is 1.17 bits per heavy atom. The Hall–Kier alpha value is -3.09. The highest BCUT2D eigenvalue weighted by Crippen LogP contribution is 2.31. The van der Waals surface area contributed by atoms with Crippen LogP contribution in [0.3, 0.4) is 0 Å². The van der Waals surface area contributed by atoms with E-state index in [1.54, 1.807) is 12.1 Å². The highest BCUT2D eigenvalue weighted by Gasteiger charge is 2.12. The molecular formula is C16H15N3O4. The molecule has 0 aromatic heterocycles. The lowest BCUT2D eigenvalue weighted by Crippen LogP contribution is -2.15. The van der Waals surface area contributed by atoms with E-state index >= 15 is 0 Å². The van der Waals surface area contributed by atoms with Crippen LogP contribution >= 0.6 is 0 Å². The Kier molecular flexibility index (Phi) is 4.09. The third kappa shape index (κ3) is 3.39. The first kappa shape index (κ1) is 14.8. The molecule has 1 aliphatic rings. The fraction of sp³-hybridized carbons (Fsp3) is 0.188. The summed E-state index contributed by atoms with van der Waals surface area (Å²) in [6, 6.07) is 11.8. The van der Waals surface area contributed by atoms with Crippen molar-refractivity contribution in [3.63, 3.8) is 0 Å². The summed E-state index contributed by atoms with van der Waals surface area (Å²) >= 11 is 0. The normalized spacial score (nSPS) is 13.5. The highest BCUT2D eigenvalue weighted by atomic mass is 16.6. The fourth-order valence-corrected chi connectivity index (χ4v) is 2.17. The van der Waals surface area contributed by atoms with E-state index in [4.69, 9.17) is 9.47 Å². The molecule has 2 aromatic carbocycles. The molecule has 0 unspecified atom stereocenters. The predicted octanol–water partition coefficient (Wildman–Crippen LogP) is 3.20. The van der Waals surface area contributed by atoms with Crippen LogP contribution in [0.1, 0.15) is 12.5 Å². The van der Waals surface area contributed by atoms with Gasteiger partial charge in [0, 0.05) is 17.7 Å². The summed E-state index contributed by atoms with van der Waals surface area (Å²) in [5.74, 6) is 1.41. The molecule has 0 saturated carbocycles. The molecule has 0 amide bonds. The summed E-state index contributed by atoms with van der Waals surface area (Å²) < 4.78 is 11.0. The Morgan fingerprint density at radius 3 is 2.74 bits per heavy atom. The van der Waals surface area contributed by atoms with Gasteiger partial charge in [-0.15, -0.1) is 0 Å². The van der Waals surface area contributed by atoms with Gasteiger partial charge in [-0.2, -0.15) is 5.10 Å². The number of hydrogen-bond acceptors (Lipinski definition) is 6. The molecule has 0 fully saturated rings. The Labute approximate surface area is 132 Å². The number of hydrazone groups is 1. The van der Waals surface area contributed by atoms with Crippen molar-refractivity contribution in [3.05, 3.63) is 58.1 Å². The molecule has 1 aliphatic heterocycles. The second kappa shape index (κ2) is 6.35. The number of anilines is 1. The number of nitro benzene ring substituents is 1. The minimum Gasteiger partial charge on any atom is -0.486 e. The number of nitro groups is 1. The molecule has 23 heavy (non-hydrogen) atoms. The third-order valence-electron chi connectivity index (χ3n) is 3.37. The minimum absolute atomic E-state index is 0.0159. The standard InChI is InChI=1S/C16H15N3O4/c1-11(12-5-6-15-16(9-12)23-8-7-22-15)17-18-13-3-2-4-14(10-13)19(20)21/h2-6,9-10,18H,7-8H2,1H3. The number of non-ortho nitro benzene ring substituents is 1. The van der Waals surface area contributed by atoms with Gasteiger partial charge in [-0.25, -0.2) is 0 Å². The average Bonchev–Trinajstić information content (AvgIpc) is 2.59. The van der Waals surface area contributed by atoms with Crippen molar-refractivity contribution < 1.29 is 14.4 Å². The lowest BCUT2D eigenvalue weighted by Gasteiger charge is -2.18. The summed E-state index contributed by atoms with van der Waals surface area (Å²) in [4.78, 5) is 10.3. The van der Waals surface area contributed by atoms with Crippen molar-refractivity contribution in [2.75, 3.05) is 18.6 Å². The van der Waals surface area contributed by atoms with E-state index in [1.165, 1.54) is 12.1 Å². The summed E-state index contributed by atoms with van der Waals surface area (Å²) in [5, 5.41) is 15.0. The number of rotatable bonds is 4. The quantitative estimate of drug-likeness (QED) is 0.532. The molecule has 1 N–H and O–H groups in total. The summed E-state index contributed by atoms with van der Waals surface area (Å²) in [5.41, 5.74) is 5.01. The van der Waals surface area contributed by atoms with Gasteiger partial charge in [0.25, 0.3) is 5.69 Å². The molecule has 1 heterocycles. The second-order valence-electron chi connectivity index (χ2n) is 4.97. The number of nitrogens with one attached hydrogen (secondary N) is 1. The van der Waals surface area contributed by atoms with Gasteiger partial charge in [0.2, 0.25) is 0 Å². The van der Waals surface area contributed by atoms with E-state index in [0.717, 1.165) is 17.0 Å². The molecule has 0 bridgehead atoms. The summed E-state index contributed by atoms with van der Waals surface area (Å²) in [6.45, 7) is 2.92. The van der Waals surface area contributed by atoms with Gasteiger partial charge in [-0.3, -0.25) is 15.5 Å². The van der Waals surface area contributed by atoms with E-state index in [-0.39, 0.29) is 5.69 Å². The predicted molar refractivity (Wildman–Crippen MR) is 86.4 cm³/mol. The first-order chi connectivity index (χ1) is 11.1. The maximum Gasteiger partial charge on any atom is 0.271 e. The van der Waals surface area contributed by atoms with Gasteiger partial charge in [0.05, 0.1) is 16.3 Å². The van der Waals surface area contributed by atoms with Crippen molar-refractivity contribution in [2.45, 2.75) is 6.92 Å². The Morgan fingerprint density at radius 2 is 1.96 bits per heavy atom. The van der Waals surface area contributed by atoms with Crippen molar-refractivity contribution in [1.29, 1.82) is 0 Å². The van der Waals surface area contributed by atoms with Gasteiger partial charge in [-0.05, 0) is 31.2 Å². The van der Waals surface area contributed by atoms with Crippen LogP contribution in [0.2, 0.25) is 0 Å². The lowest BCUT2D eigenvalue weighted by atomic mass is 10.1. The number of fused-ring (bicyclic) bond motifs is 1. The topological polar surface area (TPSA) is 86.0 Å². The SMILES string of the molecule is CC(=NNc1cccc([N+](=O)[O-])c1)c1ccc2c(c1)OCCO2. The van der Waals surface area contributed by atoms with Crippen LogP contribution in [0.15, 0.2) is 47.6 Å². The van der Waals surface area contributed by atoms with Gasteiger partial charge in [-0.1, -0.05) is 6.07 Å². The molecule has 0 aliphatic carbocycles. The van der Waals surface area contributed by atoms with Crippen LogP contribution < -0.4 is 14.9 Å². The van der Waals surface area contributed by atoms with Crippen molar-refractivity contribution in [1.82, 2.24) is 0 Å². The van der Waals surface area contributed by atoms with E-state index in [0.29, 0.717) is 24.7 Å². The van der Waals surface area contributed by atoms with E-state index in [1.807, 2.05) is 25.1 Å². The minimum atomic E-state index is -0.442. The molecular weight excluding hydrogens is 298 g/mol. The average molecular weight is 313 g/mol. The Balaban J connectivity index is 1.77. The van der Waals surface area contributed by atoms with Crippen molar-refractivity contribution in [3.8, 4) is 11.5 Å². The molecule has 2 aromatic rings. The zero-order chi connectivity index (χ0) is 16.2. The monoisotopic (exact) mass is 313 g/mol. The van der Waals surface area contributed by atoms with Gasteiger partial charge in [0.15, 0.2) is 11.5 Å². The zero-order valence-electron chi connectivity index (χ0n) is 12.5. The lowest BCUT2D eigenvalue weighted by molar-refractivity contribution is -0.384. The summed E-state index contributed by atoms with van der Waals surface area (Å²) in [6.07, 6.45) is 0. The maximum atomic E-state index is 10.8. The van der Waals surface area contributed by atoms with E-state index in [2.05, 4.69) is 10.5 Å². The maximum absolute atomic E-state index is 10.8. The summed E-state index contributed by atoms with van der Waals surface area (Å²) in [7, 11) is 0. The molecule has 3 rings (SSSR count). The molecule has 7 nitrogen and oxygen atoms in total. The molecule has 0 spiro atoms. The molecule has 118 valence electrons. The number of benzene rings is 2. The number of nitrogens with zero attached hydrogens (tertiary/aromatic N) is 2. The van der Waals surface area contributed by atoms with E-state index < -0.39 is 4.92 Å². The van der Waals surface area contributed by atoms with Crippen LogP contribution in [0.25, 0.3) is 0 Å². The molecule has 0 saturated heterocycles. The van der Waals surface area contributed by atoms with Gasteiger partial charge >= 0.3 is 0 Å². The largest absolute Gasteiger partial charge is 0.486 e. The van der Waals surface area contributed by atoms with Crippen molar-refractivity contribution in [2.24, 2.45) is 5.10 Å². The highest BCUT2D eigenvalue weighted by molar-refractivity contribution is 5.99. The smallest absolute Gasteiger partial charge is 0.271 e. The van der Waals surface area contributed by atoms with Crippen molar-refractivity contribution >= 4 is 17.1 Å². The molecule has 7 heteroatoms. The van der Waals surface area contributed by atoms with Crippen LogP contribution in [-0.2, 0) is 0 Å². The van der Waals surface area contributed by atoms with E-state index in [9.17, 15) is 10.1 Å². The zero-order valence-corrected chi connectivity index (χ0v) is 12.5. The third-order valence-corrected chi connectivity index (χ3v) is 3.37. The second-order valence-corrected chi connectivity index (χ2v) is 4.97. The first-order valence-electron chi connectivity index (χ1n) is 7.08. The Bertz CT molecular complexity index is 774. The van der Waals surface area contributed by atoms with Gasteiger partial charge in [0.1, 0.15) is 13.2 Å². The van der Waals surface area contributed by atoms with Crippen LogP contribution in [0.5, 0.6) is 11.5 Å². The first-order valence-corrected chi connectivity index (χ1v) is 7.08. The van der Waals surface area contributed by atoms with Crippen LogP contribution in [0.4, 0.5) is 11.4 Å². The molecule has 0 radical (unpaired) electrons. The fourth-order valence-electron chi connectivity index (χ4n) is 2.17. The molecule has 0 atom stereocenters. The van der Waals surface area contributed by atoms with Crippen LogP contribution in [-0.4, -0.2) is 23.8 Å². The number of hydrogen-bond donors (Lipinski definition) is 1. The van der Waals surface area contributed by atoms with Crippen LogP contribution in [0, 0.1) is 10.1 Å². The number of ether oxygens (including phenoxy) is 2. The van der Waals surface area contributed by atoms with Gasteiger partial charge < -0.3 is 9.47 Å².